The van der Waals surface area contributed by atoms with Crippen LogP contribution < -0.4 is 20.3 Å². The highest BCUT2D eigenvalue weighted by Crippen LogP contribution is 2.37. The SMILES string of the molecule is COc1cc(-c2cn(C)c(=O)c3c2ccn3C)cc(OC)c1COCC(=O)N(I)CCCC(=O)N1CCN(C2CCC(=O)NC2=O)C(=O)C1. The van der Waals surface area contributed by atoms with Crippen molar-refractivity contribution in [1.29, 1.82) is 0 Å². The van der Waals surface area contributed by atoms with Crippen LogP contribution in [0.2, 0.25) is 0 Å². The van der Waals surface area contributed by atoms with Gasteiger partial charge in [0.1, 0.15) is 29.7 Å². The summed E-state index contributed by atoms with van der Waals surface area (Å²) in [7, 11) is 6.60. The van der Waals surface area contributed by atoms with Crippen LogP contribution in [0.4, 0.5) is 0 Å². The maximum absolute atomic E-state index is 12.8. The number of amides is 5. The fourth-order valence-corrected chi connectivity index (χ4v) is 6.66. The number of fused-ring (bicyclic) bond motifs is 1. The van der Waals surface area contributed by atoms with E-state index >= 15 is 0 Å². The molecule has 2 fully saturated rings. The largest absolute Gasteiger partial charge is 0.496 e. The number of piperazine rings is 1. The molecule has 262 valence electrons. The summed E-state index contributed by atoms with van der Waals surface area (Å²) >= 11 is 1.89. The molecule has 2 saturated heterocycles. The molecule has 16 heteroatoms. The van der Waals surface area contributed by atoms with Crippen LogP contribution in [0.5, 0.6) is 11.5 Å². The number of piperidine rings is 1. The van der Waals surface area contributed by atoms with Gasteiger partial charge in [-0.05, 0) is 36.6 Å². The van der Waals surface area contributed by atoms with E-state index in [0.29, 0.717) is 42.1 Å². The van der Waals surface area contributed by atoms with E-state index in [1.165, 1.54) is 27.1 Å². The first-order chi connectivity index (χ1) is 23.4. The van der Waals surface area contributed by atoms with Crippen molar-refractivity contribution >= 4 is 63.3 Å². The topological polar surface area (TPSA) is 162 Å². The number of aryl methyl sites for hydroxylation is 2. The van der Waals surface area contributed by atoms with Gasteiger partial charge in [-0.1, -0.05) is 0 Å². The highest BCUT2D eigenvalue weighted by atomic mass is 127. The second kappa shape index (κ2) is 15.4. The smallest absolute Gasteiger partial charge is 0.274 e. The van der Waals surface area contributed by atoms with Crippen LogP contribution >= 0.6 is 22.9 Å². The number of benzene rings is 1. The van der Waals surface area contributed by atoms with E-state index in [1.807, 2.05) is 54.3 Å². The summed E-state index contributed by atoms with van der Waals surface area (Å²) in [6.45, 7) is 0.494. The van der Waals surface area contributed by atoms with Crippen LogP contribution in [-0.4, -0.2) is 105 Å². The van der Waals surface area contributed by atoms with E-state index < -0.39 is 11.9 Å². The second-order valence-corrected chi connectivity index (χ2v) is 13.1. The third-order valence-corrected chi connectivity index (χ3v) is 9.83. The van der Waals surface area contributed by atoms with Crippen LogP contribution in [0.3, 0.4) is 0 Å². The van der Waals surface area contributed by atoms with Gasteiger partial charge < -0.3 is 33.1 Å². The normalized spacial score (nSPS) is 16.6. The van der Waals surface area contributed by atoms with Gasteiger partial charge in [-0.25, -0.2) is 0 Å². The average Bonchev–Trinajstić information content (AvgIpc) is 3.47. The molecule has 0 bridgehead atoms. The molecule has 5 rings (SSSR count). The van der Waals surface area contributed by atoms with Crippen molar-refractivity contribution in [2.24, 2.45) is 14.1 Å². The Morgan fingerprint density at radius 3 is 2.41 bits per heavy atom. The highest BCUT2D eigenvalue weighted by molar-refractivity contribution is 14.1. The van der Waals surface area contributed by atoms with Gasteiger partial charge >= 0.3 is 0 Å². The number of carbonyl (C=O) groups excluding carboxylic acids is 5. The summed E-state index contributed by atoms with van der Waals surface area (Å²) in [5, 5.41) is 3.06. The standard InChI is InChI=1S/C33H39IN6O9/c1-36-11-9-21-22(16-37(2)33(46)31(21)36)20-14-25(47-3)23(26(15-20)48-4)18-49-19-30(44)40(34)10-5-6-28(42)38-12-13-39(29(43)17-38)24-7-8-27(41)35-32(24)45/h9,11,14-16,24H,5-8,10,12-13,17-19H2,1-4H3,(H,35,41,45). The average molecular weight is 791 g/mol. The summed E-state index contributed by atoms with van der Waals surface area (Å²) < 4.78 is 21.9. The Labute approximate surface area is 296 Å². The maximum Gasteiger partial charge on any atom is 0.274 e. The molecule has 0 radical (unpaired) electrons. The second-order valence-electron chi connectivity index (χ2n) is 12.0. The van der Waals surface area contributed by atoms with Gasteiger partial charge in [-0.2, -0.15) is 0 Å². The van der Waals surface area contributed by atoms with Gasteiger partial charge in [0.2, 0.25) is 23.6 Å². The van der Waals surface area contributed by atoms with E-state index in [2.05, 4.69) is 5.32 Å². The number of nitrogens with zero attached hydrogens (tertiary/aromatic N) is 5. The molecule has 2 aliphatic rings. The highest BCUT2D eigenvalue weighted by Gasteiger charge is 2.37. The van der Waals surface area contributed by atoms with Crippen LogP contribution in [0.15, 0.2) is 35.4 Å². The minimum absolute atomic E-state index is 0.0359. The fourth-order valence-electron chi connectivity index (χ4n) is 6.18. The minimum Gasteiger partial charge on any atom is -0.496 e. The Hall–Kier alpha value is -4.45. The molecule has 0 aliphatic carbocycles. The number of methoxy groups -OCH3 is 2. The molecular formula is C33H39IN6O9. The lowest BCUT2D eigenvalue weighted by Crippen LogP contribution is -2.60. The quantitative estimate of drug-likeness (QED) is 0.163. The number of aromatic nitrogens is 2. The van der Waals surface area contributed by atoms with E-state index in [4.69, 9.17) is 14.2 Å². The summed E-state index contributed by atoms with van der Waals surface area (Å²) in [5.74, 6) is -0.660. The number of rotatable bonds is 12. The van der Waals surface area contributed by atoms with E-state index in [0.717, 1.165) is 16.5 Å². The minimum atomic E-state index is -0.697. The number of hydrogen-bond acceptors (Lipinski definition) is 9. The first-order valence-corrected chi connectivity index (χ1v) is 16.7. The van der Waals surface area contributed by atoms with Gasteiger partial charge in [0.15, 0.2) is 0 Å². The number of nitrogens with one attached hydrogen (secondary N) is 1. The van der Waals surface area contributed by atoms with Gasteiger partial charge in [0.25, 0.3) is 11.5 Å². The molecule has 1 N–H and O–H groups in total. The zero-order valence-electron chi connectivity index (χ0n) is 27.8. The number of pyridine rings is 1. The molecule has 2 aromatic heterocycles. The van der Waals surface area contributed by atoms with Crippen LogP contribution in [0.1, 0.15) is 31.2 Å². The van der Waals surface area contributed by atoms with Crippen molar-refractivity contribution in [3.8, 4) is 22.6 Å². The molecule has 1 aromatic carbocycles. The van der Waals surface area contributed by atoms with Crippen molar-refractivity contribution in [3.63, 3.8) is 0 Å². The molecule has 2 aliphatic heterocycles. The lowest BCUT2D eigenvalue weighted by molar-refractivity contribution is -0.152. The van der Waals surface area contributed by atoms with E-state index in [-0.39, 0.29) is 74.8 Å². The first kappa shape index (κ1) is 35.8. The number of imide groups is 1. The van der Waals surface area contributed by atoms with Gasteiger partial charge in [0.05, 0.1) is 55.8 Å². The van der Waals surface area contributed by atoms with Crippen molar-refractivity contribution < 1.29 is 38.2 Å². The monoisotopic (exact) mass is 790 g/mol. The molecule has 5 amide bonds. The molecule has 49 heavy (non-hydrogen) atoms. The van der Waals surface area contributed by atoms with Crippen molar-refractivity contribution in [3.05, 3.63) is 46.5 Å². The predicted octanol–water partition coefficient (Wildman–Crippen LogP) is 1.51. The zero-order valence-corrected chi connectivity index (χ0v) is 30.0. The summed E-state index contributed by atoms with van der Waals surface area (Å²) in [6.07, 6.45) is 4.60. The lowest BCUT2D eigenvalue weighted by Gasteiger charge is -2.39. The number of carbonyl (C=O) groups is 5. The van der Waals surface area contributed by atoms with Crippen molar-refractivity contribution in [1.82, 2.24) is 27.4 Å². The summed E-state index contributed by atoms with van der Waals surface area (Å²) in [4.78, 5) is 77.6. The fraction of sp³-hybridized carbons (Fsp3) is 0.455. The third kappa shape index (κ3) is 7.74. The summed E-state index contributed by atoms with van der Waals surface area (Å²) in [5.41, 5.74) is 2.71. The first-order valence-electron chi connectivity index (χ1n) is 15.8. The van der Waals surface area contributed by atoms with Crippen LogP contribution in [0, 0.1) is 0 Å². The molecular weight excluding hydrogens is 751 g/mol. The van der Waals surface area contributed by atoms with Crippen molar-refractivity contribution in [2.75, 3.05) is 47.0 Å². The third-order valence-electron chi connectivity index (χ3n) is 8.81. The van der Waals surface area contributed by atoms with E-state index in [1.54, 1.807) is 22.4 Å². The predicted molar refractivity (Wildman–Crippen MR) is 186 cm³/mol. The molecule has 15 nitrogen and oxygen atoms in total. The molecule has 0 saturated carbocycles. The molecule has 4 heterocycles. The molecule has 1 unspecified atom stereocenters. The molecule has 0 spiro atoms. The Morgan fingerprint density at radius 1 is 1.04 bits per heavy atom. The summed E-state index contributed by atoms with van der Waals surface area (Å²) in [6, 6.07) is 4.89. The maximum atomic E-state index is 12.8. The molecule has 3 aromatic rings. The Kier molecular flexibility index (Phi) is 11.3. The Bertz CT molecular complexity index is 1830. The van der Waals surface area contributed by atoms with Crippen molar-refractivity contribution in [2.45, 2.75) is 38.3 Å². The Balaban J connectivity index is 1.12. The number of halogens is 1. The zero-order chi connectivity index (χ0) is 35.4. The number of hydrogen-bond donors (Lipinski definition) is 1. The van der Waals surface area contributed by atoms with Gasteiger partial charge in [0, 0.05) is 69.9 Å². The van der Waals surface area contributed by atoms with Gasteiger partial charge in [-0.15, -0.1) is 0 Å². The number of ether oxygens (including phenoxy) is 3. The van der Waals surface area contributed by atoms with Crippen LogP contribution in [0.25, 0.3) is 22.0 Å². The lowest BCUT2D eigenvalue weighted by atomic mass is 10.0. The van der Waals surface area contributed by atoms with Crippen LogP contribution in [-0.2, 0) is 49.4 Å². The van der Waals surface area contributed by atoms with Gasteiger partial charge in [-0.3, -0.25) is 37.2 Å². The van der Waals surface area contributed by atoms with E-state index in [9.17, 15) is 28.8 Å². The molecule has 1 atom stereocenters. The Morgan fingerprint density at radius 2 is 1.76 bits per heavy atom.